The molecule has 0 saturated carbocycles. The first-order valence-electron chi connectivity index (χ1n) is 6.91. The van der Waals surface area contributed by atoms with E-state index in [1.165, 1.54) is 0 Å². The van der Waals surface area contributed by atoms with Gasteiger partial charge in [0.25, 0.3) is 0 Å². The SMILES string of the molecule is CCC(C)n1cc(C(=O)O)c(-c2cc3ccccc3s2)n1. The molecule has 0 bridgehead atoms. The van der Waals surface area contributed by atoms with Crippen LogP contribution in [0.2, 0.25) is 0 Å². The molecule has 1 unspecified atom stereocenters. The average molecular weight is 300 g/mol. The van der Waals surface area contributed by atoms with Gasteiger partial charge in [0, 0.05) is 16.9 Å². The van der Waals surface area contributed by atoms with Gasteiger partial charge in [-0.25, -0.2) is 4.79 Å². The Kier molecular flexibility index (Phi) is 3.51. The molecule has 21 heavy (non-hydrogen) atoms. The van der Waals surface area contributed by atoms with Crippen molar-refractivity contribution in [3.63, 3.8) is 0 Å². The Balaban J connectivity index is 2.15. The van der Waals surface area contributed by atoms with Crippen LogP contribution in [0.1, 0.15) is 36.7 Å². The molecule has 2 aromatic heterocycles. The first-order chi connectivity index (χ1) is 10.1. The number of carboxylic acid groups (broad SMARTS) is 1. The summed E-state index contributed by atoms with van der Waals surface area (Å²) >= 11 is 1.58. The lowest BCUT2D eigenvalue weighted by Crippen LogP contribution is -2.04. The van der Waals surface area contributed by atoms with Gasteiger partial charge in [0.2, 0.25) is 0 Å². The third-order valence-corrected chi connectivity index (χ3v) is 4.79. The van der Waals surface area contributed by atoms with Gasteiger partial charge >= 0.3 is 5.97 Å². The lowest BCUT2D eigenvalue weighted by Gasteiger charge is -2.07. The summed E-state index contributed by atoms with van der Waals surface area (Å²) in [5.41, 5.74) is 0.825. The van der Waals surface area contributed by atoms with Gasteiger partial charge in [0.15, 0.2) is 0 Å². The number of carbonyl (C=O) groups is 1. The van der Waals surface area contributed by atoms with E-state index in [1.54, 1.807) is 22.2 Å². The van der Waals surface area contributed by atoms with E-state index in [0.29, 0.717) is 5.69 Å². The van der Waals surface area contributed by atoms with Crippen LogP contribution in [0.15, 0.2) is 36.5 Å². The van der Waals surface area contributed by atoms with E-state index in [4.69, 9.17) is 0 Å². The van der Waals surface area contributed by atoms with Gasteiger partial charge in [-0.1, -0.05) is 25.1 Å². The average Bonchev–Trinajstić information content (AvgIpc) is 3.09. The van der Waals surface area contributed by atoms with Gasteiger partial charge in [-0.3, -0.25) is 4.68 Å². The predicted molar refractivity (Wildman–Crippen MR) is 85.0 cm³/mol. The minimum absolute atomic E-state index is 0.186. The standard InChI is InChI=1S/C16H16N2O2S/c1-3-10(2)18-9-12(16(19)20)15(17-18)14-8-11-6-4-5-7-13(11)21-14/h4-10H,3H2,1-2H3,(H,19,20). The molecule has 1 atom stereocenters. The molecule has 1 aromatic carbocycles. The Bertz CT molecular complexity index is 771. The molecular formula is C16H16N2O2S. The van der Waals surface area contributed by atoms with E-state index >= 15 is 0 Å². The van der Waals surface area contributed by atoms with Crippen molar-refractivity contribution in [1.29, 1.82) is 0 Å². The quantitative estimate of drug-likeness (QED) is 0.775. The van der Waals surface area contributed by atoms with Gasteiger partial charge in [0.1, 0.15) is 11.3 Å². The number of benzene rings is 1. The van der Waals surface area contributed by atoms with Crippen molar-refractivity contribution in [3.8, 4) is 10.6 Å². The molecule has 0 aliphatic heterocycles. The summed E-state index contributed by atoms with van der Waals surface area (Å²) in [5.74, 6) is -0.933. The number of nitrogens with zero attached hydrogens (tertiary/aromatic N) is 2. The largest absolute Gasteiger partial charge is 0.478 e. The number of aromatic nitrogens is 2. The third-order valence-electron chi connectivity index (χ3n) is 3.66. The molecule has 0 fully saturated rings. The van der Waals surface area contributed by atoms with Gasteiger partial charge in [-0.2, -0.15) is 5.10 Å². The molecule has 0 aliphatic carbocycles. The molecule has 2 heterocycles. The highest BCUT2D eigenvalue weighted by Gasteiger charge is 2.20. The second-order valence-electron chi connectivity index (χ2n) is 5.08. The Hall–Kier alpha value is -2.14. The summed E-state index contributed by atoms with van der Waals surface area (Å²) in [6.07, 6.45) is 2.54. The summed E-state index contributed by atoms with van der Waals surface area (Å²) in [4.78, 5) is 12.4. The first kappa shape index (κ1) is 13.8. The van der Waals surface area contributed by atoms with E-state index in [0.717, 1.165) is 21.4 Å². The number of hydrogen-bond donors (Lipinski definition) is 1. The Morgan fingerprint density at radius 2 is 2.19 bits per heavy atom. The molecule has 3 aromatic rings. The summed E-state index contributed by atoms with van der Waals surface area (Å²) in [6.45, 7) is 4.10. The maximum absolute atomic E-state index is 11.5. The zero-order valence-corrected chi connectivity index (χ0v) is 12.7. The number of carboxylic acids is 1. The molecule has 0 radical (unpaired) electrons. The highest BCUT2D eigenvalue weighted by atomic mass is 32.1. The molecule has 4 nitrogen and oxygen atoms in total. The Morgan fingerprint density at radius 3 is 2.86 bits per heavy atom. The van der Waals surface area contributed by atoms with Crippen LogP contribution in [0.5, 0.6) is 0 Å². The minimum atomic E-state index is -0.933. The summed E-state index contributed by atoms with van der Waals surface area (Å²) in [6, 6.07) is 10.2. The smallest absolute Gasteiger partial charge is 0.339 e. The topological polar surface area (TPSA) is 55.1 Å². The van der Waals surface area contributed by atoms with Gasteiger partial charge < -0.3 is 5.11 Å². The van der Waals surface area contributed by atoms with Crippen molar-refractivity contribution < 1.29 is 9.90 Å². The van der Waals surface area contributed by atoms with Gasteiger partial charge in [0.05, 0.1) is 4.88 Å². The molecule has 108 valence electrons. The fourth-order valence-electron chi connectivity index (χ4n) is 2.24. The highest BCUT2D eigenvalue weighted by molar-refractivity contribution is 7.22. The van der Waals surface area contributed by atoms with Gasteiger partial charge in [-0.05, 0) is 30.9 Å². The van der Waals surface area contributed by atoms with Crippen molar-refractivity contribution in [1.82, 2.24) is 9.78 Å². The highest BCUT2D eigenvalue weighted by Crippen LogP contribution is 2.34. The second kappa shape index (κ2) is 5.33. The van der Waals surface area contributed by atoms with Crippen molar-refractivity contribution in [2.45, 2.75) is 26.3 Å². The summed E-state index contributed by atoms with van der Waals surface area (Å²) in [7, 11) is 0. The second-order valence-corrected chi connectivity index (χ2v) is 6.17. The van der Waals surface area contributed by atoms with Crippen LogP contribution in [-0.2, 0) is 0 Å². The molecule has 0 amide bonds. The Labute approximate surface area is 126 Å². The van der Waals surface area contributed by atoms with Crippen LogP contribution in [0.25, 0.3) is 20.7 Å². The maximum atomic E-state index is 11.5. The molecule has 0 spiro atoms. The zero-order valence-electron chi connectivity index (χ0n) is 11.9. The number of thiophene rings is 1. The number of aromatic carboxylic acids is 1. The fraction of sp³-hybridized carbons (Fsp3) is 0.250. The van der Waals surface area contributed by atoms with Crippen molar-refractivity contribution in [2.75, 3.05) is 0 Å². The number of hydrogen-bond acceptors (Lipinski definition) is 3. The lowest BCUT2D eigenvalue weighted by atomic mass is 10.2. The van der Waals surface area contributed by atoms with Crippen LogP contribution >= 0.6 is 11.3 Å². The monoisotopic (exact) mass is 300 g/mol. The van der Waals surface area contributed by atoms with E-state index in [2.05, 4.69) is 12.0 Å². The number of rotatable bonds is 4. The molecule has 0 aliphatic rings. The van der Waals surface area contributed by atoms with E-state index in [-0.39, 0.29) is 11.6 Å². The van der Waals surface area contributed by atoms with Crippen molar-refractivity contribution in [2.24, 2.45) is 0 Å². The minimum Gasteiger partial charge on any atom is -0.478 e. The van der Waals surface area contributed by atoms with E-state index in [9.17, 15) is 9.90 Å². The molecule has 1 N–H and O–H groups in total. The first-order valence-corrected chi connectivity index (χ1v) is 7.73. The van der Waals surface area contributed by atoms with Crippen LogP contribution in [-0.4, -0.2) is 20.9 Å². The zero-order chi connectivity index (χ0) is 15.0. The van der Waals surface area contributed by atoms with Crippen LogP contribution in [0, 0.1) is 0 Å². The van der Waals surface area contributed by atoms with Crippen molar-refractivity contribution in [3.05, 3.63) is 42.1 Å². The molecule has 0 saturated heterocycles. The molecule has 5 heteroatoms. The maximum Gasteiger partial charge on any atom is 0.339 e. The van der Waals surface area contributed by atoms with Crippen LogP contribution in [0.4, 0.5) is 0 Å². The number of fused-ring (bicyclic) bond motifs is 1. The van der Waals surface area contributed by atoms with Crippen LogP contribution in [0.3, 0.4) is 0 Å². The predicted octanol–water partition coefficient (Wildman–Crippen LogP) is 4.43. The fourth-order valence-corrected chi connectivity index (χ4v) is 3.30. The van der Waals surface area contributed by atoms with E-state index < -0.39 is 5.97 Å². The van der Waals surface area contributed by atoms with Crippen molar-refractivity contribution >= 4 is 27.4 Å². The summed E-state index contributed by atoms with van der Waals surface area (Å²) < 4.78 is 2.89. The Morgan fingerprint density at radius 1 is 1.43 bits per heavy atom. The van der Waals surface area contributed by atoms with Crippen LogP contribution < -0.4 is 0 Å². The lowest BCUT2D eigenvalue weighted by molar-refractivity contribution is 0.0697. The molecular weight excluding hydrogens is 284 g/mol. The normalized spacial score (nSPS) is 12.7. The van der Waals surface area contributed by atoms with Gasteiger partial charge in [-0.15, -0.1) is 11.3 Å². The van der Waals surface area contributed by atoms with E-state index in [1.807, 2.05) is 37.3 Å². The third kappa shape index (κ3) is 2.45. The molecule has 3 rings (SSSR count). The summed E-state index contributed by atoms with van der Waals surface area (Å²) in [5, 5.41) is 15.1.